The molecule has 0 spiro atoms. The highest BCUT2D eigenvalue weighted by molar-refractivity contribution is 7.17. The summed E-state index contributed by atoms with van der Waals surface area (Å²) in [5, 5.41) is 9.28. The Hall–Kier alpha value is -2.15. The van der Waals surface area contributed by atoms with Crippen molar-refractivity contribution in [2.45, 2.75) is 46.2 Å². The van der Waals surface area contributed by atoms with E-state index in [9.17, 15) is 9.59 Å². The average molecular weight is 332 g/mol. The van der Waals surface area contributed by atoms with E-state index in [0.717, 1.165) is 22.5 Å². The second-order valence-electron chi connectivity index (χ2n) is 5.64. The van der Waals surface area contributed by atoms with Crippen molar-refractivity contribution in [1.82, 2.24) is 19.5 Å². The molecule has 7 heteroatoms. The van der Waals surface area contributed by atoms with E-state index < -0.39 is 0 Å². The van der Waals surface area contributed by atoms with Gasteiger partial charge in [-0.2, -0.15) is 5.10 Å². The molecule has 122 valence electrons. The number of carbonyl (C=O) groups excluding carboxylic acids is 1. The van der Waals surface area contributed by atoms with E-state index in [0.29, 0.717) is 11.9 Å². The van der Waals surface area contributed by atoms with Gasteiger partial charge in [0.05, 0.1) is 10.2 Å². The van der Waals surface area contributed by atoms with Gasteiger partial charge >= 0.3 is 0 Å². The minimum absolute atomic E-state index is 0.0501. The van der Waals surface area contributed by atoms with Gasteiger partial charge in [0.1, 0.15) is 17.9 Å². The highest BCUT2D eigenvalue weighted by Crippen LogP contribution is 2.24. The Kier molecular flexibility index (Phi) is 4.21. The monoisotopic (exact) mass is 332 g/mol. The van der Waals surface area contributed by atoms with Crippen LogP contribution in [0.15, 0.2) is 22.3 Å². The molecular weight excluding hydrogens is 312 g/mol. The summed E-state index contributed by atoms with van der Waals surface area (Å²) in [5.74, 6) is 0.595. The predicted molar refractivity (Wildman–Crippen MR) is 92.1 cm³/mol. The number of thiophene rings is 1. The van der Waals surface area contributed by atoms with Crippen molar-refractivity contribution in [3.63, 3.8) is 0 Å². The number of hydrogen-bond donors (Lipinski definition) is 1. The van der Waals surface area contributed by atoms with Crippen LogP contribution in [0.4, 0.5) is 0 Å². The topological polar surface area (TPSA) is 68.4 Å². The molecule has 0 aliphatic carbocycles. The van der Waals surface area contributed by atoms with Crippen LogP contribution in [0.25, 0.3) is 15.7 Å². The number of amides is 1. The lowest BCUT2D eigenvalue weighted by molar-refractivity contribution is -0.122. The number of nitrogens with zero attached hydrogens (tertiary/aromatic N) is 3. The first-order valence-electron chi connectivity index (χ1n) is 7.83. The molecule has 0 aliphatic heterocycles. The van der Waals surface area contributed by atoms with Crippen molar-refractivity contribution < 1.29 is 4.79 Å². The Morgan fingerprint density at radius 2 is 2.17 bits per heavy atom. The summed E-state index contributed by atoms with van der Waals surface area (Å²) in [6, 6.07) is 3.96. The molecule has 3 aromatic heterocycles. The molecule has 3 aromatic rings. The van der Waals surface area contributed by atoms with E-state index in [2.05, 4.69) is 10.4 Å². The van der Waals surface area contributed by atoms with Crippen LogP contribution in [-0.4, -0.2) is 26.1 Å². The second-order valence-corrected chi connectivity index (χ2v) is 6.59. The molecule has 6 nitrogen and oxygen atoms in total. The molecule has 23 heavy (non-hydrogen) atoms. The highest BCUT2D eigenvalue weighted by atomic mass is 32.1. The Morgan fingerprint density at radius 1 is 1.39 bits per heavy atom. The van der Waals surface area contributed by atoms with Crippen LogP contribution in [0.2, 0.25) is 0 Å². The predicted octanol–water partition coefficient (Wildman–Crippen LogP) is 2.19. The number of carbonyl (C=O) groups is 1. The summed E-state index contributed by atoms with van der Waals surface area (Å²) in [6.45, 7) is 5.89. The van der Waals surface area contributed by atoms with Crippen LogP contribution in [0.3, 0.4) is 0 Å². The van der Waals surface area contributed by atoms with Crippen molar-refractivity contribution in [2.75, 3.05) is 0 Å². The van der Waals surface area contributed by atoms with Gasteiger partial charge in [-0.3, -0.25) is 14.0 Å². The van der Waals surface area contributed by atoms with Crippen molar-refractivity contribution in [3.05, 3.63) is 33.7 Å². The minimum Gasteiger partial charge on any atom is -0.352 e. The Balaban J connectivity index is 2.06. The van der Waals surface area contributed by atoms with Gasteiger partial charge < -0.3 is 5.32 Å². The second kappa shape index (κ2) is 6.16. The average Bonchev–Trinajstić information content (AvgIpc) is 3.11. The van der Waals surface area contributed by atoms with E-state index in [1.807, 2.05) is 42.7 Å². The summed E-state index contributed by atoms with van der Waals surface area (Å²) in [6.07, 6.45) is 1.53. The smallest absolute Gasteiger partial charge is 0.291 e. The molecule has 0 fully saturated rings. The lowest BCUT2D eigenvalue weighted by Gasteiger charge is -2.13. The molecule has 0 aliphatic rings. The fraction of sp³-hybridized carbons (Fsp3) is 0.438. The molecule has 0 saturated heterocycles. The SMILES string of the molecule is CCc1nn(CC(=O)NC(C)CC)c(=O)c2cc3sccc3n12. The lowest BCUT2D eigenvalue weighted by atomic mass is 10.2. The number of rotatable bonds is 5. The molecule has 0 bridgehead atoms. The lowest BCUT2D eigenvalue weighted by Crippen LogP contribution is -2.38. The summed E-state index contributed by atoms with van der Waals surface area (Å²) < 4.78 is 4.23. The molecular formula is C16H20N4O2S. The maximum Gasteiger partial charge on any atom is 0.291 e. The van der Waals surface area contributed by atoms with Crippen molar-refractivity contribution >= 4 is 33.0 Å². The zero-order chi connectivity index (χ0) is 16.6. The summed E-state index contributed by atoms with van der Waals surface area (Å²) in [7, 11) is 0. The largest absolute Gasteiger partial charge is 0.352 e. The van der Waals surface area contributed by atoms with E-state index in [-0.39, 0.29) is 24.1 Å². The van der Waals surface area contributed by atoms with Crippen LogP contribution in [-0.2, 0) is 17.8 Å². The molecule has 0 saturated carbocycles. The number of aromatic nitrogens is 3. The highest BCUT2D eigenvalue weighted by Gasteiger charge is 2.16. The first-order valence-corrected chi connectivity index (χ1v) is 8.71. The zero-order valence-corrected chi connectivity index (χ0v) is 14.3. The van der Waals surface area contributed by atoms with Crippen molar-refractivity contribution in [3.8, 4) is 0 Å². The van der Waals surface area contributed by atoms with Crippen LogP contribution < -0.4 is 10.9 Å². The summed E-state index contributed by atoms with van der Waals surface area (Å²) in [4.78, 5) is 24.7. The van der Waals surface area contributed by atoms with E-state index in [4.69, 9.17) is 0 Å². The van der Waals surface area contributed by atoms with Crippen LogP contribution >= 0.6 is 11.3 Å². The van der Waals surface area contributed by atoms with Gasteiger partial charge in [-0.05, 0) is 30.9 Å². The quantitative estimate of drug-likeness (QED) is 0.779. The van der Waals surface area contributed by atoms with Crippen LogP contribution in [0.5, 0.6) is 0 Å². The van der Waals surface area contributed by atoms with Crippen LogP contribution in [0, 0.1) is 0 Å². The normalized spacial score (nSPS) is 12.8. The fourth-order valence-electron chi connectivity index (χ4n) is 2.62. The Bertz CT molecular complexity index is 921. The standard InChI is InChI=1S/C16H20N4O2S/c1-4-10(3)17-15(21)9-19-16(22)12-8-13-11(6-7-23-13)20(12)14(5-2)18-19/h6-8,10H,4-5,9H2,1-3H3,(H,17,21). The third kappa shape index (κ3) is 2.76. The van der Waals surface area contributed by atoms with Gasteiger partial charge in [-0.25, -0.2) is 4.68 Å². The molecule has 3 heterocycles. The number of fused-ring (bicyclic) bond motifs is 3. The molecule has 1 atom stereocenters. The van der Waals surface area contributed by atoms with Gasteiger partial charge in [0, 0.05) is 12.5 Å². The number of hydrogen-bond acceptors (Lipinski definition) is 4. The van der Waals surface area contributed by atoms with Gasteiger partial charge in [0.2, 0.25) is 5.91 Å². The van der Waals surface area contributed by atoms with Gasteiger partial charge in [-0.15, -0.1) is 11.3 Å². The third-order valence-electron chi connectivity index (χ3n) is 4.00. The minimum atomic E-state index is -0.232. The Morgan fingerprint density at radius 3 is 2.87 bits per heavy atom. The van der Waals surface area contributed by atoms with Crippen molar-refractivity contribution in [2.24, 2.45) is 0 Å². The molecule has 1 amide bonds. The number of aryl methyl sites for hydroxylation is 1. The first-order chi connectivity index (χ1) is 11.0. The molecule has 0 aromatic carbocycles. The number of nitrogens with one attached hydrogen (secondary N) is 1. The first kappa shape index (κ1) is 15.7. The van der Waals surface area contributed by atoms with E-state index in [1.165, 1.54) is 4.68 Å². The summed E-state index contributed by atoms with van der Waals surface area (Å²) in [5.41, 5.74) is 1.35. The molecule has 1 unspecified atom stereocenters. The summed E-state index contributed by atoms with van der Waals surface area (Å²) >= 11 is 1.60. The van der Waals surface area contributed by atoms with Crippen LogP contribution in [0.1, 0.15) is 33.0 Å². The van der Waals surface area contributed by atoms with Gasteiger partial charge in [-0.1, -0.05) is 13.8 Å². The van der Waals surface area contributed by atoms with E-state index in [1.54, 1.807) is 11.3 Å². The third-order valence-corrected chi connectivity index (χ3v) is 4.85. The maximum absolute atomic E-state index is 12.7. The van der Waals surface area contributed by atoms with Gasteiger partial charge in [0.25, 0.3) is 5.56 Å². The fourth-order valence-corrected chi connectivity index (χ4v) is 3.42. The van der Waals surface area contributed by atoms with Gasteiger partial charge in [0.15, 0.2) is 0 Å². The zero-order valence-electron chi connectivity index (χ0n) is 13.5. The molecule has 0 radical (unpaired) electrons. The Labute approximate surface area is 137 Å². The maximum atomic E-state index is 12.7. The molecule has 1 N–H and O–H groups in total. The van der Waals surface area contributed by atoms with Crippen molar-refractivity contribution in [1.29, 1.82) is 0 Å². The van der Waals surface area contributed by atoms with E-state index >= 15 is 0 Å². The molecule has 3 rings (SSSR count).